The summed E-state index contributed by atoms with van der Waals surface area (Å²) in [7, 11) is -3.11. The molecule has 110 valence electrons. The Labute approximate surface area is 128 Å². The van der Waals surface area contributed by atoms with Gasteiger partial charge in [0.15, 0.2) is 9.84 Å². The van der Waals surface area contributed by atoms with E-state index in [0.29, 0.717) is 0 Å². The van der Waals surface area contributed by atoms with Crippen LogP contribution < -0.4 is 5.32 Å². The number of sulfone groups is 1. The zero-order chi connectivity index (χ0) is 14.7. The van der Waals surface area contributed by atoms with Gasteiger partial charge in [0.05, 0.1) is 4.75 Å². The van der Waals surface area contributed by atoms with Crippen molar-refractivity contribution in [3.05, 3.63) is 20.8 Å². The van der Waals surface area contributed by atoms with Crippen molar-refractivity contribution in [3.8, 4) is 0 Å². The molecule has 0 saturated heterocycles. The van der Waals surface area contributed by atoms with Crippen molar-refractivity contribution in [2.45, 2.75) is 44.4 Å². The lowest BCUT2D eigenvalue weighted by Gasteiger charge is -2.33. The molecule has 1 unspecified atom stereocenters. The largest absolute Gasteiger partial charge is 0.312 e. The fourth-order valence-electron chi connectivity index (χ4n) is 1.80. The van der Waals surface area contributed by atoms with E-state index >= 15 is 0 Å². The summed E-state index contributed by atoms with van der Waals surface area (Å²) >= 11 is 5.09. The topological polar surface area (TPSA) is 46.2 Å². The van der Waals surface area contributed by atoms with E-state index < -0.39 is 14.6 Å². The predicted octanol–water partition coefficient (Wildman–Crippen LogP) is 3.24. The maximum atomic E-state index is 12.0. The first-order valence-corrected chi connectivity index (χ1v) is 9.90. The molecule has 0 aliphatic carbocycles. The highest BCUT2D eigenvalue weighted by molar-refractivity contribution is 9.10. The van der Waals surface area contributed by atoms with Gasteiger partial charge in [-0.1, -0.05) is 6.92 Å². The molecule has 1 aromatic heterocycles. The first-order chi connectivity index (χ1) is 8.68. The highest BCUT2D eigenvalue weighted by atomic mass is 79.9. The quantitative estimate of drug-likeness (QED) is 0.804. The molecule has 1 N–H and O–H groups in total. The Morgan fingerprint density at radius 1 is 1.47 bits per heavy atom. The Morgan fingerprint density at radius 3 is 2.53 bits per heavy atom. The van der Waals surface area contributed by atoms with E-state index in [1.807, 2.05) is 5.38 Å². The van der Waals surface area contributed by atoms with Crippen LogP contribution in [0.2, 0.25) is 0 Å². The van der Waals surface area contributed by atoms with Crippen molar-refractivity contribution in [3.63, 3.8) is 0 Å². The van der Waals surface area contributed by atoms with Crippen molar-refractivity contribution in [1.82, 2.24) is 5.32 Å². The number of hydrogen-bond acceptors (Lipinski definition) is 4. The van der Waals surface area contributed by atoms with E-state index in [9.17, 15) is 8.42 Å². The average molecular weight is 368 g/mol. The molecule has 0 radical (unpaired) electrons. The van der Waals surface area contributed by atoms with Crippen LogP contribution in [0.25, 0.3) is 0 Å². The van der Waals surface area contributed by atoms with E-state index in [2.05, 4.69) is 34.2 Å². The second-order valence-corrected chi connectivity index (χ2v) is 9.83. The molecule has 0 bridgehead atoms. The zero-order valence-corrected chi connectivity index (χ0v) is 15.1. The molecule has 0 aliphatic heterocycles. The minimum Gasteiger partial charge on any atom is -0.312 e. The maximum Gasteiger partial charge on any atom is 0.154 e. The maximum absolute atomic E-state index is 12.0. The number of thiophene rings is 1. The summed E-state index contributed by atoms with van der Waals surface area (Å²) in [5.41, 5.74) is 0. The summed E-state index contributed by atoms with van der Waals surface area (Å²) in [5.74, 6) is 0. The lowest BCUT2D eigenvalue weighted by Crippen LogP contribution is -2.52. The van der Waals surface area contributed by atoms with E-state index in [0.717, 1.165) is 23.9 Å². The van der Waals surface area contributed by atoms with Crippen LogP contribution in [0.4, 0.5) is 0 Å². The first kappa shape index (κ1) is 17.1. The number of rotatable bonds is 7. The van der Waals surface area contributed by atoms with Crippen molar-refractivity contribution in [1.29, 1.82) is 0 Å². The smallest absolute Gasteiger partial charge is 0.154 e. The van der Waals surface area contributed by atoms with E-state index in [-0.39, 0.29) is 6.04 Å². The van der Waals surface area contributed by atoms with Crippen LogP contribution >= 0.6 is 27.3 Å². The van der Waals surface area contributed by atoms with Gasteiger partial charge in [-0.25, -0.2) is 8.42 Å². The normalized spacial score (nSPS) is 14.6. The molecule has 0 spiro atoms. The van der Waals surface area contributed by atoms with Crippen LogP contribution in [0.15, 0.2) is 15.9 Å². The molecule has 1 rings (SSSR count). The Hall–Kier alpha value is 0.0900. The molecular formula is C13H22BrNO2S2. The average Bonchev–Trinajstić information content (AvgIpc) is 2.68. The Bertz CT molecular complexity index is 508. The molecule has 1 atom stereocenters. The van der Waals surface area contributed by atoms with Gasteiger partial charge >= 0.3 is 0 Å². The number of halogens is 1. The molecule has 0 aromatic carbocycles. The summed E-state index contributed by atoms with van der Waals surface area (Å²) < 4.78 is 24.3. The predicted molar refractivity (Wildman–Crippen MR) is 86.7 cm³/mol. The van der Waals surface area contributed by atoms with E-state index in [1.54, 1.807) is 25.2 Å². The van der Waals surface area contributed by atoms with Crippen LogP contribution in [-0.4, -0.2) is 32.0 Å². The standard InChI is InChI=1S/C13H22BrNO2S2/c1-5-6-15-12(13(2,3)19(4,16)17)8-11-7-10(14)9-18-11/h7,9,12,15H,5-6,8H2,1-4H3. The summed E-state index contributed by atoms with van der Waals surface area (Å²) in [6, 6.07) is 1.98. The third-order valence-corrected chi connectivity index (χ3v) is 7.38. The molecule has 19 heavy (non-hydrogen) atoms. The van der Waals surface area contributed by atoms with Crippen LogP contribution in [-0.2, 0) is 16.3 Å². The van der Waals surface area contributed by atoms with Gasteiger partial charge in [0.1, 0.15) is 0 Å². The minimum atomic E-state index is -3.11. The van der Waals surface area contributed by atoms with Gasteiger partial charge in [-0.05, 0) is 55.2 Å². The zero-order valence-electron chi connectivity index (χ0n) is 11.9. The van der Waals surface area contributed by atoms with E-state index in [1.165, 1.54) is 11.1 Å². The Morgan fingerprint density at radius 2 is 2.11 bits per heavy atom. The van der Waals surface area contributed by atoms with Crippen LogP contribution in [0, 0.1) is 0 Å². The van der Waals surface area contributed by atoms with Gasteiger partial charge in [-0.15, -0.1) is 11.3 Å². The highest BCUT2D eigenvalue weighted by Crippen LogP contribution is 2.27. The molecule has 1 aromatic rings. The molecule has 0 saturated carbocycles. The molecule has 0 aliphatic rings. The number of hydrogen-bond donors (Lipinski definition) is 1. The monoisotopic (exact) mass is 367 g/mol. The number of nitrogens with one attached hydrogen (secondary N) is 1. The van der Waals surface area contributed by atoms with Gasteiger partial charge in [0.25, 0.3) is 0 Å². The van der Waals surface area contributed by atoms with Gasteiger partial charge < -0.3 is 5.32 Å². The first-order valence-electron chi connectivity index (χ1n) is 6.34. The van der Waals surface area contributed by atoms with Gasteiger partial charge in [0.2, 0.25) is 0 Å². The molecule has 0 fully saturated rings. The third-order valence-electron chi connectivity index (χ3n) is 3.46. The van der Waals surface area contributed by atoms with E-state index in [4.69, 9.17) is 0 Å². The second-order valence-electron chi connectivity index (χ2n) is 5.32. The van der Waals surface area contributed by atoms with Crippen molar-refractivity contribution >= 4 is 37.1 Å². The van der Waals surface area contributed by atoms with Crippen molar-refractivity contribution in [2.75, 3.05) is 12.8 Å². The Balaban J connectivity index is 2.94. The third kappa shape index (κ3) is 4.55. The van der Waals surface area contributed by atoms with Crippen LogP contribution in [0.3, 0.4) is 0 Å². The van der Waals surface area contributed by atoms with Crippen molar-refractivity contribution < 1.29 is 8.42 Å². The molecule has 1 heterocycles. The molecular weight excluding hydrogens is 346 g/mol. The minimum absolute atomic E-state index is 0.0759. The molecule has 6 heteroatoms. The summed E-state index contributed by atoms with van der Waals surface area (Å²) in [6.07, 6.45) is 3.04. The summed E-state index contributed by atoms with van der Waals surface area (Å²) in [5, 5.41) is 5.41. The molecule has 0 amide bonds. The van der Waals surface area contributed by atoms with Gasteiger partial charge in [0, 0.05) is 27.0 Å². The fourth-order valence-corrected chi connectivity index (χ4v) is 3.98. The SMILES string of the molecule is CCCNC(Cc1cc(Br)cs1)C(C)(C)S(C)(=O)=O. The summed E-state index contributed by atoms with van der Waals surface area (Å²) in [6.45, 7) is 6.52. The lowest BCUT2D eigenvalue weighted by atomic mass is 9.99. The second kappa shape index (κ2) is 6.70. The van der Waals surface area contributed by atoms with Gasteiger partial charge in [-0.2, -0.15) is 0 Å². The summed E-state index contributed by atoms with van der Waals surface area (Å²) in [4.78, 5) is 1.19. The van der Waals surface area contributed by atoms with Crippen LogP contribution in [0.5, 0.6) is 0 Å². The highest BCUT2D eigenvalue weighted by Gasteiger charge is 2.38. The fraction of sp³-hybridized carbons (Fsp3) is 0.692. The molecule has 3 nitrogen and oxygen atoms in total. The van der Waals surface area contributed by atoms with Crippen LogP contribution in [0.1, 0.15) is 32.1 Å². The lowest BCUT2D eigenvalue weighted by molar-refractivity contribution is 0.408. The Kier molecular flexibility index (Phi) is 6.04. The van der Waals surface area contributed by atoms with Gasteiger partial charge in [-0.3, -0.25) is 0 Å². The van der Waals surface area contributed by atoms with Crippen molar-refractivity contribution in [2.24, 2.45) is 0 Å².